The summed E-state index contributed by atoms with van der Waals surface area (Å²) in [5, 5.41) is 22.7. The summed E-state index contributed by atoms with van der Waals surface area (Å²) in [4.78, 5) is 44.0. The van der Waals surface area contributed by atoms with Gasteiger partial charge in [0.1, 0.15) is 29.8 Å². The largest absolute Gasteiger partial charge is 0.508 e. The molecule has 2 fully saturated rings. The quantitative estimate of drug-likeness (QED) is 0.223. The van der Waals surface area contributed by atoms with Crippen LogP contribution in [0.15, 0.2) is 35.9 Å². The van der Waals surface area contributed by atoms with Crippen LogP contribution in [0.4, 0.5) is 4.79 Å². The Morgan fingerprint density at radius 1 is 1.11 bits per heavy atom. The molecule has 3 aliphatic rings. The van der Waals surface area contributed by atoms with Gasteiger partial charge >= 0.3 is 12.1 Å². The summed E-state index contributed by atoms with van der Waals surface area (Å²) in [6.07, 6.45) is -0.202. The second kappa shape index (κ2) is 17.6. The zero-order valence-corrected chi connectivity index (χ0v) is 33.5. The van der Waals surface area contributed by atoms with E-state index in [2.05, 4.69) is 5.43 Å². The lowest BCUT2D eigenvalue weighted by atomic mass is 9.74. The van der Waals surface area contributed by atoms with Gasteiger partial charge in [0.25, 0.3) is 0 Å². The molecular weight excluding hydrogens is 682 g/mol. The van der Waals surface area contributed by atoms with Gasteiger partial charge in [-0.1, -0.05) is 45.9 Å². The molecule has 0 unspecified atom stereocenters. The van der Waals surface area contributed by atoms with Crippen LogP contribution in [0, 0.1) is 17.8 Å². The number of Topliss-reactive ketones (excluding diaryl/α,β-unsaturated/α-hetero) is 1. The number of ether oxygens (including phenoxy) is 5. The van der Waals surface area contributed by atoms with E-state index in [1.807, 2.05) is 59.7 Å². The third-order valence-electron chi connectivity index (χ3n) is 11.5. The first-order valence-corrected chi connectivity index (χ1v) is 19.0. The van der Waals surface area contributed by atoms with Gasteiger partial charge in [-0.15, -0.1) is 0 Å². The zero-order valence-electron chi connectivity index (χ0n) is 33.5. The van der Waals surface area contributed by atoms with E-state index in [-0.39, 0.29) is 30.1 Å². The third-order valence-corrected chi connectivity index (χ3v) is 11.5. The summed E-state index contributed by atoms with van der Waals surface area (Å²) in [6.45, 7) is 15.0. The summed E-state index contributed by atoms with van der Waals surface area (Å²) >= 11 is 0. The number of aryl methyl sites for hydroxylation is 1. The number of aliphatic hydroxyl groups is 1. The van der Waals surface area contributed by atoms with E-state index in [4.69, 9.17) is 23.7 Å². The molecular formula is C40H63N3O10. The number of esters is 1. The molecule has 1 amide bonds. The van der Waals surface area contributed by atoms with Crippen molar-refractivity contribution in [3.05, 3.63) is 41.5 Å². The molecule has 1 aromatic rings. The van der Waals surface area contributed by atoms with Crippen molar-refractivity contribution in [3.8, 4) is 5.75 Å². The Labute approximate surface area is 315 Å². The monoisotopic (exact) mass is 745 g/mol. The minimum Gasteiger partial charge on any atom is -0.508 e. The first-order valence-electron chi connectivity index (χ1n) is 19.0. The molecule has 0 aliphatic carbocycles. The van der Waals surface area contributed by atoms with Crippen LogP contribution < -0.4 is 5.43 Å². The topological polar surface area (TPSA) is 156 Å². The number of nitrogens with zero attached hydrogens (tertiary/aromatic N) is 2. The van der Waals surface area contributed by atoms with Crippen molar-refractivity contribution >= 4 is 17.8 Å². The Balaban J connectivity index is 1.70. The van der Waals surface area contributed by atoms with Gasteiger partial charge < -0.3 is 38.8 Å². The van der Waals surface area contributed by atoms with Gasteiger partial charge in [0.2, 0.25) is 0 Å². The first-order chi connectivity index (χ1) is 24.9. The van der Waals surface area contributed by atoms with Gasteiger partial charge in [-0.3, -0.25) is 4.79 Å². The van der Waals surface area contributed by atoms with Gasteiger partial charge in [-0.2, -0.15) is 0 Å². The van der Waals surface area contributed by atoms with E-state index in [9.17, 15) is 24.6 Å². The number of fused-ring (bicyclic) bond motifs is 1. The Hall–Kier alpha value is -3.07. The molecule has 3 N–H and O–H groups in total. The van der Waals surface area contributed by atoms with Gasteiger partial charge in [-0.05, 0) is 91.6 Å². The zero-order chi connectivity index (χ0) is 39.4. The lowest BCUT2D eigenvalue weighted by Gasteiger charge is -2.46. The van der Waals surface area contributed by atoms with Crippen molar-refractivity contribution in [3.63, 3.8) is 0 Å². The highest BCUT2D eigenvalue weighted by atomic mass is 16.7. The summed E-state index contributed by atoms with van der Waals surface area (Å²) in [6, 6.07) is 5.99. The number of nitrogens with one attached hydrogen (secondary N) is 1. The van der Waals surface area contributed by atoms with Crippen molar-refractivity contribution < 1.29 is 48.3 Å². The molecule has 3 aliphatic heterocycles. The van der Waals surface area contributed by atoms with Gasteiger partial charge in [0.15, 0.2) is 11.9 Å². The second-order valence-corrected chi connectivity index (χ2v) is 16.0. The van der Waals surface area contributed by atoms with Gasteiger partial charge in [-0.25, -0.2) is 20.0 Å². The predicted molar refractivity (Wildman–Crippen MR) is 199 cm³/mol. The lowest BCUT2D eigenvalue weighted by molar-refractivity contribution is -0.294. The molecule has 3 heterocycles. The smallest absolute Gasteiger partial charge is 0.425 e. The van der Waals surface area contributed by atoms with E-state index >= 15 is 0 Å². The summed E-state index contributed by atoms with van der Waals surface area (Å²) in [5.74, 6) is -2.30. The molecule has 12 atom stereocenters. The number of phenolic OH excluding ortho intramolecular Hbond substituents is 1. The number of aliphatic hydroxyl groups excluding tert-OH is 1. The minimum atomic E-state index is -1.37. The molecule has 0 spiro atoms. The number of benzene rings is 1. The first kappa shape index (κ1) is 42.7. The third kappa shape index (κ3) is 9.42. The van der Waals surface area contributed by atoms with Crippen molar-refractivity contribution in [2.24, 2.45) is 17.8 Å². The maximum Gasteiger partial charge on any atom is 0.425 e. The molecule has 13 nitrogen and oxygen atoms in total. The fourth-order valence-corrected chi connectivity index (χ4v) is 8.64. The number of ketones is 1. The number of likely N-dealkylation sites (N-methyl/N-ethyl adjacent to an activating group) is 1. The van der Waals surface area contributed by atoms with Crippen LogP contribution in [-0.2, 0) is 39.7 Å². The Morgan fingerprint density at radius 3 is 2.43 bits per heavy atom. The molecule has 1 aromatic carbocycles. The van der Waals surface area contributed by atoms with Crippen LogP contribution in [0.2, 0.25) is 0 Å². The highest BCUT2D eigenvalue weighted by Gasteiger charge is 2.60. The van der Waals surface area contributed by atoms with Crippen molar-refractivity contribution in [1.29, 1.82) is 0 Å². The molecule has 0 bridgehead atoms. The maximum absolute atomic E-state index is 14.6. The number of hydrogen-bond donors (Lipinski definition) is 3. The van der Waals surface area contributed by atoms with Crippen molar-refractivity contribution in [2.45, 2.75) is 141 Å². The number of phenols is 1. The lowest BCUT2D eigenvalue weighted by Crippen LogP contribution is -2.60. The van der Waals surface area contributed by atoms with Crippen LogP contribution in [-0.4, -0.2) is 120 Å². The Kier molecular flexibility index (Phi) is 14.2. The number of cyclic esters (lactones) is 1. The molecule has 53 heavy (non-hydrogen) atoms. The van der Waals surface area contributed by atoms with Gasteiger partial charge in [0.05, 0.1) is 17.8 Å². The highest BCUT2D eigenvalue weighted by Crippen LogP contribution is 2.42. The van der Waals surface area contributed by atoms with Crippen molar-refractivity contribution in [2.75, 3.05) is 27.7 Å². The molecule has 298 valence electrons. The number of carbonyl (C=O) groups excluding carboxylic acids is 3. The van der Waals surface area contributed by atoms with E-state index in [0.29, 0.717) is 37.8 Å². The number of methoxy groups -OCH3 is 1. The standard InChI is InChI=1S/C40H63N3O10/c1-12-31-40(8)34(43(38(48)53-40)41-18-14-16-28-15-13-17-29(44)21-28)27(6)32(45)25(4)22-39(7,49-11)35(23(2)19-24(3)36(47)51-31)52-37-33(46)30(42(9)10)20-26(5)50-37/h13,15,17,19,21,23,25-27,30-31,33-35,37,41,44,46H,12,14,16,18,20,22H2,1-11H3/b24-19+/t23-,25+,26+,27-,30-,31+,33+,34+,35+,37-,39-,40+/m0/s1. The number of amides is 1. The van der Waals surface area contributed by atoms with Crippen LogP contribution in [0.3, 0.4) is 0 Å². The predicted octanol–water partition coefficient (Wildman–Crippen LogP) is 4.77. The van der Waals surface area contributed by atoms with Gasteiger partial charge in [0, 0.05) is 43.0 Å². The second-order valence-electron chi connectivity index (χ2n) is 16.0. The molecule has 0 saturated carbocycles. The van der Waals surface area contributed by atoms with Crippen LogP contribution >= 0.6 is 0 Å². The molecule has 0 radical (unpaired) electrons. The molecule has 2 saturated heterocycles. The van der Waals surface area contributed by atoms with Crippen LogP contribution in [0.1, 0.15) is 86.6 Å². The number of hydrogen-bond acceptors (Lipinski definition) is 12. The fourth-order valence-electron chi connectivity index (χ4n) is 8.64. The SMILES string of the molecule is CC[C@H]1OC(=O)/C(C)=C/[C@H](C)[C@@H](O[C@@H]2O[C@H](C)C[C@H](N(C)C)[C@H]2O)[C@@](C)(OC)C[C@@H](C)C(=O)[C@H](C)[C@H]2N(NCCCc3cccc(O)c3)C(=O)O[C@]12C. The minimum absolute atomic E-state index is 0.124. The Morgan fingerprint density at radius 2 is 1.81 bits per heavy atom. The van der Waals surface area contributed by atoms with E-state index in [0.717, 1.165) is 5.56 Å². The van der Waals surface area contributed by atoms with E-state index in [1.165, 1.54) is 5.01 Å². The number of aromatic hydroxyl groups is 1. The Bertz CT molecular complexity index is 1470. The summed E-state index contributed by atoms with van der Waals surface area (Å²) in [5.41, 5.74) is 2.04. The maximum atomic E-state index is 14.6. The number of rotatable bonds is 10. The molecule has 4 rings (SSSR count). The average Bonchev–Trinajstić information content (AvgIpc) is 3.36. The summed E-state index contributed by atoms with van der Waals surface area (Å²) in [7, 11) is 5.38. The number of hydrazine groups is 1. The van der Waals surface area contributed by atoms with Crippen molar-refractivity contribution in [1.82, 2.24) is 15.3 Å². The molecule has 13 heteroatoms. The average molecular weight is 746 g/mol. The van der Waals surface area contributed by atoms with Crippen LogP contribution in [0.25, 0.3) is 0 Å². The fraction of sp³-hybridized carbons (Fsp3) is 0.725. The highest BCUT2D eigenvalue weighted by molar-refractivity contribution is 5.88. The van der Waals surface area contributed by atoms with E-state index in [1.54, 1.807) is 52.2 Å². The molecule has 0 aromatic heterocycles. The summed E-state index contributed by atoms with van der Waals surface area (Å²) < 4.78 is 31.3. The normalized spacial score (nSPS) is 38.5. The number of carbonyl (C=O) groups is 3. The van der Waals surface area contributed by atoms with E-state index < -0.39 is 71.7 Å². The van der Waals surface area contributed by atoms with Crippen LogP contribution in [0.5, 0.6) is 5.75 Å².